The van der Waals surface area contributed by atoms with E-state index in [0.717, 1.165) is 16.7 Å². The summed E-state index contributed by atoms with van der Waals surface area (Å²) >= 11 is 0. The fourth-order valence-corrected chi connectivity index (χ4v) is 7.04. The van der Waals surface area contributed by atoms with E-state index in [1.54, 1.807) is 32.5 Å². The van der Waals surface area contributed by atoms with Gasteiger partial charge in [0.1, 0.15) is 5.69 Å². The molecule has 2 aliphatic heterocycles. The van der Waals surface area contributed by atoms with Crippen molar-refractivity contribution in [1.82, 2.24) is 20.3 Å². The summed E-state index contributed by atoms with van der Waals surface area (Å²) in [5.41, 5.74) is 3.17. The van der Waals surface area contributed by atoms with Gasteiger partial charge in [0.05, 0.1) is 67.1 Å². The molecule has 1 saturated heterocycles. The molecule has 0 amide bonds. The average molecular weight is 677 g/mol. The lowest BCUT2D eigenvalue weighted by Gasteiger charge is -2.40. The summed E-state index contributed by atoms with van der Waals surface area (Å²) < 4.78 is 52.0. The number of rotatable bonds is 11. The Morgan fingerprint density at radius 3 is 1.94 bits per heavy atom. The SMILES string of the molecule is COc1cc([C@@H]2c3cc4c(cc3[C@@H](NC(O)c3cn(-c5cc(OC)c(OC)c(OC)c5)nn3)[C@H]3COC(=O)[C@H]23)OCO4)cc(OC)c1OC. The number of carbonyl (C=O) groups is 1. The van der Waals surface area contributed by atoms with Gasteiger partial charge < -0.3 is 47.7 Å². The Balaban J connectivity index is 1.28. The summed E-state index contributed by atoms with van der Waals surface area (Å²) in [5, 5.41) is 23.4. The third-order valence-corrected chi connectivity index (χ3v) is 9.28. The molecule has 3 aromatic carbocycles. The number of hydrogen-bond acceptors (Lipinski definition) is 14. The number of hydrogen-bond donors (Lipinski definition) is 2. The minimum Gasteiger partial charge on any atom is -0.493 e. The molecule has 4 aromatic rings. The summed E-state index contributed by atoms with van der Waals surface area (Å²) in [5.74, 6) is 1.89. The summed E-state index contributed by atoms with van der Waals surface area (Å²) in [6, 6.07) is 10.3. The van der Waals surface area contributed by atoms with Crippen molar-refractivity contribution in [3.8, 4) is 51.7 Å². The number of esters is 1. The van der Waals surface area contributed by atoms with E-state index in [9.17, 15) is 9.90 Å². The quantitative estimate of drug-likeness (QED) is 0.176. The number of aliphatic hydroxyl groups excluding tert-OH is 1. The van der Waals surface area contributed by atoms with Crippen LogP contribution in [0.15, 0.2) is 42.6 Å². The number of cyclic esters (lactones) is 1. The standard InChI is InChI=1S/C34H36N4O11/c1-41-24-7-16(8-25(42-2)31(24)45-5)28-18-11-22-23(49-15-48-22)12-19(18)30(20-14-47-34(40)29(20)28)35-33(39)21-13-38(37-36-21)17-9-26(43-3)32(46-6)27(10-17)44-4/h7-13,20,28-30,33,35,39H,14-15H2,1-6H3/t20-,28+,29-,30+,33?/m0/s1. The topological polar surface area (TPSA) is 163 Å². The number of carbonyl (C=O) groups excluding carboxylic acids is 1. The molecule has 0 radical (unpaired) electrons. The highest BCUT2D eigenvalue weighted by Gasteiger charge is 2.53. The Hall–Kier alpha value is -5.41. The monoisotopic (exact) mass is 676 g/mol. The molecule has 7 rings (SSSR count). The molecule has 0 saturated carbocycles. The Morgan fingerprint density at radius 2 is 1.37 bits per heavy atom. The van der Waals surface area contributed by atoms with Gasteiger partial charge in [-0.1, -0.05) is 5.21 Å². The smallest absolute Gasteiger partial charge is 0.310 e. The summed E-state index contributed by atoms with van der Waals surface area (Å²) in [6.07, 6.45) is 0.307. The summed E-state index contributed by atoms with van der Waals surface area (Å²) in [6.45, 7) is 0.188. The largest absolute Gasteiger partial charge is 0.493 e. The van der Waals surface area contributed by atoms with Crippen LogP contribution in [0.1, 0.15) is 40.6 Å². The predicted octanol–water partition coefficient (Wildman–Crippen LogP) is 3.30. The van der Waals surface area contributed by atoms with Crippen molar-refractivity contribution in [3.05, 3.63) is 65.0 Å². The molecular formula is C34H36N4O11. The van der Waals surface area contributed by atoms with Gasteiger partial charge in [-0.25, -0.2) is 4.68 Å². The first-order chi connectivity index (χ1) is 23.8. The minimum atomic E-state index is -1.28. The van der Waals surface area contributed by atoms with Crippen LogP contribution in [0, 0.1) is 11.8 Å². The third-order valence-electron chi connectivity index (χ3n) is 9.28. The Morgan fingerprint density at radius 1 is 0.796 bits per heavy atom. The lowest BCUT2D eigenvalue weighted by atomic mass is 9.65. The third kappa shape index (κ3) is 5.34. The van der Waals surface area contributed by atoms with Crippen molar-refractivity contribution in [2.75, 3.05) is 56.1 Å². The first-order valence-electron chi connectivity index (χ1n) is 15.4. The molecule has 3 heterocycles. The van der Waals surface area contributed by atoms with Crippen molar-refractivity contribution in [1.29, 1.82) is 0 Å². The fourth-order valence-electron chi connectivity index (χ4n) is 7.04. The van der Waals surface area contributed by atoms with E-state index in [-0.39, 0.29) is 31.0 Å². The number of aromatic nitrogens is 3. The van der Waals surface area contributed by atoms with Crippen LogP contribution in [0.2, 0.25) is 0 Å². The molecule has 3 aliphatic rings. The van der Waals surface area contributed by atoms with E-state index in [1.807, 2.05) is 24.3 Å². The number of ether oxygens (including phenoxy) is 9. The van der Waals surface area contributed by atoms with Gasteiger partial charge in [-0.05, 0) is 41.0 Å². The maximum Gasteiger partial charge on any atom is 0.310 e. The molecule has 5 atom stereocenters. The maximum absolute atomic E-state index is 13.6. The zero-order valence-corrected chi connectivity index (χ0v) is 27.7. The molecule has 15 nitrogen and oxygen atoms in total. The second-order valence-corrected chi connectivity index (χ2v) is 11.6. The van der Waals surface area contributed by atoms with Crippen molar-refractivity contribution in [2.45, 2.75) is 18.2 Å². The van der Waals surface area contributed by atoms with Crippen LogP contribution in [0.4, 0.5) is 0 Å². The number of aliphatic hydroxyl groups is 1. The predicted molar refractivity (Wildman–Crippen MR) is 170 cm³/mol. The molecule has 1 unspecified atom stereocenters. The van der Waals surface area contributed by atoms with E-state index in [0.29, 0.717) is 51.7 Å². The minimum absolute atomic E-state index is 0.0622. The molecule has 258 valence electrons. The lowest BCUT2D eigenvalue weighted by Crippen LogP contribution is -2.42. The molecule has 1 aliphatic carbocycles. The molecule has 0 bridgehead atoms. The molecule has 0 spiro atoms. The van der Waals surface area contributed by atoms with E-state index >= 15 is 0 Å². The molecule has 2 N–H and O–H groups in total. The maximum atomic E-state index is 13.6. The van der Waals surface area contributed by atoms with Gasteiger partial charge in [-0.3, -0.25) is 10.1 Å². The van der Waals surface area contributed by atoms with E-state index < -0.39 is 24.1 Å². The number of benzene rings is 3. The number of methoxy groups -OCH3 is 6. The van der Waals surface area contributed by atoms with Gasteiger partial charge in [-0.15, -0.1) is 5.10 Å². The van der Waals surface area contributed by atoms with Gasteiger partial charge in [-0.2, -0.15) is 0 Å². The molecular weight excluding hydrogens is 640 g/mol. The van der Waals surface area contributed by atoms with E-state index in [2.05, 4.69) is 15.6 Å². The molecule has 15 heteroatoms. The number of nitrogens with one attached hydrogen (secondary N) is 1. The van der Waals surface area contributed by atoms with Crippen LogP contribution >= 0.6 is 0 Å². The van der Waals surface area contributed by atoms with Crippen LogP contribution in [0.5, 0.6) is 46.0 Å². The van der Waals surface area contributed by atoms with Gasteiger partial charge in [0.25, 0.3) is 0 Å². The Kier molecular flexibility index (Phi) is 8.46. The van der Waals surface area contributed by atoms with Crippen molar-refractivity contribution in [3.63, 3.8) is 0 Å². The molecule has 49 heavy (non-hydrogen) atoms. The highest BCUT2D eigenvalue weighted by Crippen LogP contribution is 2.56. The summed E-state index contributed by atoms with van der Waals surface area (Å²) in [4.78, 5) is 13.6. The van der Waals surface area contributed by atoms with Crippen LogP contribution in [-0.2, 0) is 9.53 Å². The zero-order chi connectivity index (χ0) is 34.4. The second kappa shape index (κ2) is 12.9. The van der Waals surface area contributed by atoms with Gasteiger partial charge in [0.15, 0.2) is 40.7 Å². The van der Waals surface area contributed by atoms with Crippen molar-refractivity contribution < 1.29 is 52.5 Å². The fraction of sp³-hybridized carbons (Fsp3) is 0.382. The summed E-state index contributed by atoms with van der Waals surface area (Å²) in [7, 11) is 9.18. The van der Waals surface area contributed by atoms with E-state index in [1.165, 1.54) is 33.1 Å². The van der Waals surface area contributed by atoms with Crippen LogP contribution in [0.25, 0.3) is 5.69 Å². The Bertz CT molecular complexity index is 1850. The highest BCUT2D eigenvalue weighted by atomic mass is 16.7. The molecule has 1 fully saturated rings. The number of nitrogens with zero attached hydrogens (tertiary/aromatic N) is 3. The first kappa shape index (κ1) is 32.2. The highest BCUT2D eigenvalue weighted by molar-refractivity contribution is 5.79. The second-order valence-electron chi connectivity index (χ2n) is 11.6. The average Bonchev–Trinajstić information content (AvgIpc) is 3.90. The van der Waals surface area contributed by atoms with Crippen molar-refractivity contribution >= 4 is 5.97 Å². The van der Waals surface area contributed by atoms with Crippen LogP contribution in [-0.4, -0.2) is 82.1 Å². The van der Waals surface area contributed by atoms with Gasteiger partial charge in [0, 0.05) is 30.0 Å². The van der Waals surface area contributed by atoms with Crippen LogP contribution in [0.3, 0.4) is 0 Å². The zero-order valence-electron chi connectivity index (χ0n) is 27.7. The number of fused-ring (bicyclic) bond motifs is 3. The normalized spacial score (nSPS) is 20.9. The Labute approximate surface area is 281 Å². The molecule has 1 aromatic heterocycles. The van der Waals surface area contributed by atoms with E-state index in [4.69, 9.17) is 42.6 Å². The lowest BCUT2D eigenvalue weighted by molar-refractivity contribution is -0.141. The van der Waals surface area contributed by atoms with Crippen LogP contribution < -0.4 is 43.2 Å². The van der Waals surface area contributed by atoms with Gasteiger partial charge in [0.2, 0.25) is 18.3 Å². The van der Waals surface area contributed by atoms with Gasteiger partial charge >= 0.3 is 5.97 Å². The first-order valence-corrected chi connectivity index (χ1v) is 15.4. The van der Waals surface area contributed by atoms with Crippen molar-refractivity contribution in [2.24, 2.45) is 11.8 Å².